The van der Waals surface area contributed by atoms with Crippen LogP contribution in [0.15, 0.2) is 59.5 Å². The Morgan fingerprint density at radius 3 is 2.59 bits per heavy atom. The van der Waals surface area contributed by atoms with Crippen LogP contribution in [-0.4, -0.2) is 49.0 Å². The number of H-pyrrole nitrogens is 1. The highest BCUT2D eigenvalue weighted by Crippen LogP contribution is 2.28. The largest absolute Gasteiger partial charge is 0.355 e. The van der Waals surface area contributed by atoms with E-state index in [2.05, 4.69) is 15.5 Å². The molecule has 1 amide bonds. The molecule has 0 saturated carbocycles. The van der Waals surface area contributed by atoms with Gasteiger partial charge in [0.1, 0.15) is 0 Å². The van der Waals surface area contributed by atoms with E-state index in [-0.39, 0.29) is 10.8 Å². The molecule has 0 bridgehead atoms. The van der Waals surface area contributed by atoms with Gasteiger partial charge in [0, 0.05) is 48.9 Å². The average Bonchev–Trinajstić information content (AvgIpc) is 3.04. The number of fused-ring (bicyclic) bond motifs is 1. The molecular formula is C21H22N4O3S. The Kier molecular flexibility index (Phi) is 5.21. The van der Waals surface area contributed by atoms with Crippen molar-refractivity contribution in [3.8, 4) is 11.3 Å². The normalized spacial score (nSPS) is 14.8. The fourth-order valence-electron chi connectivity index (χ4n) is 3.63. The topological polar surface area (TPSA) is 95.2 Å². The van der Waals surface area contributed by atoms with Gasteiger partial charge in [0.2, 0.25) is 10.0 Å². The first-order valence-electron chi connectivity index (χ1n) is 9.44. The Bertz CT molecular complexity index is 1140. The summed E-state index contributed by atoms with van der Waals surface area (Å²) in [6.07, 6.45) is 1.13. The molecule has 1 aliphatic heterocycles. The Hall–Kier alpha value is -2.97. The minimum Gasteiger partial charge on any atom is -0.355 e. The molecule has 0 fully saturated rings. The van der Waals surface area contributed by atoms with Crippen LogP contribution >= 0.6 is 0 Å². The van der Waals surface area contributed by atoms with Crippen LogP contribution in [0.4, 0.5) is 0 Å². The van der Waals surface area contributed by atoms with Crippen molar-refractivity contribution in [2.75, 3.05) is 20.1 Å². The first kappa shape index (κ1) is 19.4. The molecule has 29 heavy (non-hydrogen) atoms. The monoisotopic (exact) mass is 410 g/mol. The molecule has 0 atom stereocenters. The van der Waals surface area contributed by atoms with Crippen molar-refractivity contribution in [3.05, 3.63) is 71.4 Å². The van der Waals surface area contributed by atoms with Crippen molar-refractivity contribution in [1.82, 2.24) is 19.8 Å². The molecule has 0 aliphatic carbocycles. The van der Waals surface area contributed by atoms with Gasteiger partial charge in [-0.25, -0.2) is 8.42 Å². The molecule has 0 unspecified atom stereocenters. The third-order valence-corrected chi connectivity index (χ3v) is 7.08. The number of benzene rings is 2. The predicted octanol–water partition coefficient (Wildman–Crippen LogP) is 2.23. The number of amides is 1. The molecule has 1 aliphatic rings. The third-order valence-electron chi connectivity index (χ3n) is 5.18. The lowest BCUT2D eigenvalue weighted by molar-refractivity contribution is 0.0963. The number of hydrogen-bond acceptors (Lipinski definition) is 4. The number of carbonyl (C=O) groups is 1. The molecule has 1 aromatic heterocycles. The molecule has 7 nitrogen and oxygen atoms in total. The molecule has 2 aromatic carbocycles. The van der Waals surface area contributed by atoms with Gasteiger partial charge in [0.05, 0.1) is 10.6 Å². The van der Waals surface area contributed by atoms with Gasteiger partial charge in [-0.15, -0.1) is 0 Å². The highest BCUT2D eigenvalue weighted by molar-refractivity contribution is 7.89. The van der Waals surface area contributed by atoms with Crippen molar-refractivity contribution < 1.29 is 13.2 Å². The van der Waals surface area contributed by atoms with E-state index < -0.39 is 10.0 Å². The molecule has 0 spiro atoms. The van der Waals surface area contributed by atoms with E-state index in [0.717, 1.165) is 22.5 Å². The van der Waals surface area contributed by atoms with Crippen LogP contribution in [0, 0.1) is 0 Å². The summed E-state index contributed by atoms with van der Waals surface area (Å²) in [5.74, 6) is -0.313. The van der Waals surface area contributed by atoms with Gasteiger partial charge < -0.3 is 5.32 Å². The molecule has 150 valence electrons. The van der Waals surface area contributed by atoms with E-state index in [1.165, 1.54) is 23.5 Å². The molecule has 2 heterocycles. The second kappa shape index (κ2) is 7.81. The third kappa shape index (κ3) is 3.68. The quantitative estimate of drug-likeness (QED) is 0.690. The predicted molar refractivity (Wildman–Crippen MR) is 110 cm³/mol. The number of hydrogen-bond donors (Lipinski definition) is 2. The summed E-state index contributed by atoms with van der Waals surface area (Å²) < 4.78 is 27.9. The van der Waals surface area contributed by atoms with Gasteiger partial charge in [-0.3, -0.25) is 9.89 Å². The maximum absolute atomic E-state index is 13.2. The number of nitrogens with zero attached hydrogens (tertiary/aromatic N) is 2. The van der Waals surface area contributed by atoms with E-state index in [9.17, 15) is 13.2 Å². The van der Waals surface area contributed by atoms with E-state index in [1.807, 2.05) is 30.3 Å². The van der Waals surface area contributed by atoms with Crippen molar-refractivity contribution in [3.63, 3.8) is 0 Å². The zero-order valence-corrected chi connectivity index (χ0v) is 16.9. The zero-order chi connectivity index (χ0) is 20.4. The van der Waals surface area contributed by atoms with Crippen LogP contribution in [0.25, 0.3) is 11.3 Å². The summed E-state index contributed by atoms with van der Waals surface area (Å²) in [5.41, 5.74) is 4.25. The summed E-state index contributed by atoms with van der Waals surface area (Å²) in [7, 11) is -2.19. The highest BCUT2D eigenvalue weighted by atomic mass is 32.2. The number of aromatic amines is 1. The van der Waals surface area contributed by atoms with Gasteiger partial charge in [0.15, 0.2) is 0 Å². The van der Waals surface area contributed by atoms with Crippen molar-refractivity contribution in [1.29, 1.82) is 0 Å². The minimum atomic E-state index is -3.70. The van der Waals surface area contributed by atoms with Crippen LogP contribution in [0.2, 0.25) is 0 Å². The Labute approximate surface area is 169 Å². The van der Waals surface area contributed by atoms with Crippen LogP contribution < -0.4 is 5.32 Å². The fraction of sp³-hybridized carbons (Fsp3) is 0.238. The molecule has 4 rings (SSSR count). The first-order valence-corrected chi connectivity index (χ1v) is 10.9. The van der Waals surface area contributed by atoms with Crippen LogP contribution in [-0.2, 0) is 22.9 Å². The maximum Gasteiger partial charge on any atom is 0.251 e. The van der Waals surface area contributed by atoms with Gasteiger partial charge in [-0.2, -0.15) is 9.40 Å². The molecule has 0 saturated heterocycles. The van der Waals surface area contributed by atoms with E-state index in [1.54, 1.807) is 12.1 Å². The standard InChI is InChI=1S/C21H22N4O3S/c1-22-21(26)16-8-5-9-17(14-16)29(27,28)25-12-10-18-19(11-13-25)23-24-20(18)15-6-3-2-4-7-15/h2-9,14H,10-13H2,1H3,(H,22,26)(H,23,24). The first-order chi connectivity index (χ1) is 14.0. The second-order valence-corrected chi connectivity index (χ2v) is 8.84. The van der Waals surface area contributed by atoms with Gasteiger partial charge in [-0.1, -0.05) is 36.4 Å². The highest BCUT2D eigenvalue weighted by Gasteiger charge is 2.29. The minimum absolute atomic E-state index is 0.130. The lowest BCUT2D eigenvalue weighted by Gasteiger charge is -2.20. The van der Waals surface area contributed by atoms with Crippen molar-refractivity contribution >= 4 is 15.9 Å². The smallest absolute Gasteiger partial charge is 0.251 e. The van der Waals surface area contributed by atoms with Gasteiger partial charge >= 0.3 is 0 Å². The summed E-state index contributed by atoms with van der Waals surface area (Å²) in [6, 6.07) is 16.0. The maximum atomic E-state index is 13.2. The van der Waals surface area contributed by atoms with Gasteiger partial charge in [0.25, 0.3) is 5.91 Å². The van der Waals surface area contributed by atoms with E-state index in [4.69, 9.17) is 0 Å². The second-order valence-electron chi connectivity index (χ2n) is 6.91. The van der Waals surface area contributed by atoms with Crippen molar-refractivity contribution in [2.45, 2.75) is 17.7 Å². The summed E-state index contributed by atoms with van der Waals surface area (Å²) in [4.78, 5) is 12.0. The van der Waals surface area contributed by atoms with E-state index in [0.29, 0.717) is 31.5 Å². The Morgan fingerprint density at radius 2 is 1.83 bits per heavy atom. The van der Waals surface area contributed by atoms with E-state index >= 15 is 0 Å². The summed E-state index contributed by atoms with van der Waals surface area (Å²) >= 11 is 0. The molecule has 8 heteroatoms. The Morgan fingerprint density at radius 1 is 1.07 bits per heavy atom. The number of aromatic nitrogens is 2. The number of rotatable bonds is 4. The lowest BCUT2D eigenvalue weighted by atomic mass is 10.0. The number of nitrogens with one attached hydrogen (secondary N) is 2. The molecule has 2 N–H and O–H groups in total. The summed E-state index contributed by atoms with van der Waals surface area (Å²) in [6.45, 7) is 0.717. The van der Waals surface area contributed by atoms with Gasteiger partial charge in [-0.05, 0) is 24.6 Å². The number of carbonyl (C=O) groups excluding carboxylic acids is 1. The zero-order valence-electron chi connectivity index (χ0n) is 16.1. The van der Waals surface area contributed by atoms with Crippen molar-refractivity contribution in [2.24, 2.45) is 0 Å². The molecule has 3 aromatic rings. The Balaban J connectivity index is 1.60. The SMILES string of the molecule is CNC(=O)c1cccc(S(=O)(=O)N2CCc3[nH]nc(-c4ccccc4)c3CC2)c1. The van der Waals surface area contributed by atoms with Crippen LogP contribution in [0.3, 0.4) is 0 Å². The van der Waals surface area contributed by atoms with Crippen LogP contribution in [0.5, 0.6) is 0 Å². The fourth-order valence-corrected chi connectivity index (χ4v) is 5.12. The molecule has 0 radical (unpaired) electrons. The lowest BCUT2D eigenvalue weighted by Crippen LogP contribution is -2.33. The average molecular weight is 410 g/mol. The summed E-state index contributed by atoms with van der Waals surface area (Å²) in [5, 5.41) is 10.1. The number of sulfonamides is 1. The van der Waals surface area contributed by atoms with Crippen LogP contribution in [0.1, 0.15) is 21.6 Å². The molecular weight excluding hydrogens is 388 g/mol.